The molecule has 0 saturated carbocycles. The third-order valence-electron chi connectivity index (χ3n) is 8.24. The number of benzene rings is 2. The van der Waals surface area contributed by atoms with Crippen molar-refractivity contribution in [2.75, 3.05) is 0 Å². The monoisotopic (exact) mass is 829 g/mol. The Kier molecular flexibility index (Phi) is 13.8. The van der Waals surface area contributed by atoms with Crippen LogP contribution in [-0.4, -0.2) is 64.2 Å². The Morgan fingerprint density at radius 3 is 1.45 bits per heavy atom. The molecule has 0 spiro atoms. The van der Waals surface area contributed by atoms with Gasteiger partial charge in [0.25, 0.3) is 0 Å². The van der Waals surface area contributed by atoms with Gasteiger partial charge in [0, 0.05) is 12.0 Å². The van der Waals surface area contributed by atoms with Gasteiger partial charge in [-0.1, -0.05) is 68.4 Å². The second-order valence-corrected chi connectivity index (χ2v) is 13.9. The van der Waals surface area contributed by atoms with E-state index in [4.69, 9.17) is 4.84 Å². The molecule has 2 rings (SSSR count). The van der Waals surface area contributed by atoms with Gasteiger partial charge in [0.2, 0.25) is 0 Å². The summed E-state index contributed by atoms with van der Waals surface area (Å²) in [5.74, 6) is -59.1. The van der Waals surface area contributed by atoms with E-state index >= 15 is 0 Å². The van der Waals surface area contributed by atoms with Crippen molar-refractivity contribution in [1.82, 2.24) is 5.06 Å². The lowest BCUT2D eigenvalue weighted by Gasteiger charge is -2.44. The first-order valence-electron chi connectivity index (χ1n) is 16.0. The minimum absolute atomic E-state index is 0.0819. The first-order chi connectivity index (χ1) is 24.5. The van der Waals surface area contributed by atoms with Crippen LogP contribution in [0.15, 0.2) is 54.6 Å². The molecular formula is C34H36F17NO3. The highest BCUT2D eigenvalue weighted by Crippen LogP contribution is 2.64. The summed E-state index contributed by atoms with van der Waals surface area (Å²) in [6.45, 7) is 10.6. The smallest absolute Gasteiger partial charge is 0.460 e. The molecule has 0 aromatic heterocycles. The highest BCUT2D eigenvalue weighted by atomic mass is 19.4. The van der Waals surface area contributed by atoms with Crippen molar-refractivity contribution in [3.8, 4) is 0 Å². The molecule has 4 nitrogen and oxygen atoms in total. The van der Waals surface area contributed by atoms with E-state index in [1.165, 1.54) is 12.1 Å². The van der Waals surface area contributed by atoms with Crippen molar-refractivity contribution in [3.63, 3.8) is 0 Å². The standard InChI is InChI=1S/C34H36F17NO3/c1-19(2)25(52(26(4,5)6)55-20(3)22-10-8-7-9-11-22)23-14-12-21(13-15-23)18-54-24(53)16-17-27(35,36)28(37,38)29(39,40)30(41,42)31(43,44)32(45,46)33(47,48)34(49,50)51/h7-15,19-20,25H,16-18H2,1-6H3. The summed E-state index contributed by atoms with van der Waals surface area (Å²) in [6, 6.07) is 14.8. The maximum absolute atomic E-state index is 14.2. The molecule has 0 aliphatic rings. The highest BCUT2D eigenvalue weighted by molar-refractivity contribution is 5.69. The van der Waals surface area contributed by atoms with E-state index in [1.807, 2.05) is 71.9 Å². The summed E-state index contributed by atoms with van der Waals surface area (Å²) in [5.41, 5.74) is 1.12. The molecule has 0 N–H and O–H groups in total. The minimum atomic E-state index is -8.72. The SMILES string of the molecule is CC(ON(C(c1ccc(COC(=O)CCC(F)(F)C(F)(F)C(F)(F)C(F)(F)C(F)(F)C(F)(F)C(F)(F)C(F)(F)F)cc1)C(C)C)C(C)(C)C)c1ccccc1. The molecule has 55 heavy (non-hydrogen) atoms. The lowest BCUT2D eigenvalue weighted by Crippen LogP contribution is -2.74. The Morgan fingerprint density at radius 2 is 1.04 bits per heavy atom. The third-order valence-corrected chi connectivity index (χ3v) is 8.24. The number of rotatable bonds is 17. The number of esters is 1. The molecule has 21 heteroatoms. The maximum Gasteiger partial charge on any atom is 0.460 e. The highest BCUT2D eigenvalue weighted by Gasteiger charge is 2.95. The number of nitrogens with zero attached hydrogens (tertiary/aromatic N) is 1. The van der Waals surface area contributed by atoms with Gasteiger partial charge in [0.1, 0.15) is 12.7 Å². The molecule has 2 aromatic rings. The van der Waals surface area contributed by atoms with E-state index in [2.05, 4.69) is 4.74 Å². The number of halogens is 17. The molecule has 0 saturated heterocycles. The Morgan fingerprint density at radius 1 is 0.600 bits per heavy atom. The van der Waals surface area contributed by atoms with Gasteiger partial charge >= 0.3 is 53.6 Å². The quantitative estimate of drug-likeness (QED) is 0.0904. The summed E-state index contributed by atoms with van der Waals surface area (Å²) in [6.07, 6.45) is -13.1. The molecule has 0 aliphatic heterocycles. The van der Waals surface area contributed by atoms with Crippen LogP contribution in [-0.2, 0) is 21.0 Å². The topological polar surface area (TPSA) is 38.8 Å². The minimum Gasteiger partial charge on any atom is -0.461 e. The van der Waals surface area contributed by atoms with Gasteiger partial charge in [-0.3, -0.25) is 9.63 Å². The van der Waals surface area contributed by atoms with Crippen molar-refractivity contribution >= 4 is 5.97 Å². The summed E-state index contributed by atoms with van der Waals surface area (Å²) in [5, 5.41) is 1.78. The predicted octanol–water partition coefficient (Wildman–Crippen LogP) is 12.0. The third kappa shape index (κ3) is 9.12. The number of hydrogen-bond donors (Lipinski definition) is 0. The zero-order valence-corrected chi connectivity index (χ0v) is 29.6. The molecule has 0 aliphatic carbocycles. The van der Waals surface area contributed by atoms with Crippen LogP contribution in [0.3, 0.4) is 0 Å². The predicted molar refractivity (Wildman–Crippen MR) is 161 cm³/mol. The van der Waals surface area contributed by atoms with Crippen molar-refractivity contribution < 1.29 is 89.0 Å². The zero-order valence-electron chi connectivity index (χ0n) is 29.6. The first kappa shape index (κ1) is 47.8. The van der Waals surface area contributed by atoms with Crippen LogP contribution in [0.1, 0.15) is 83.2 Å². The van der Waals surface area contributed by atoms with Gasteiger partial charge in [-0.15, -0.1) is 0 Å². The van der Waals surface area contributed by atoms with Crippen LogP contribution in [0.25, 0.3) is 0 Å². The van der Waals surface area contributed by atoms with Crippen molar-refractivity contribution in [1.29, 1.82) is 0 Å². The number of hydroxylamine groups is 2. The average Bonchev–Trinajstić information content (AvgIpc) is 3.05. The van der Waals surface area contributed by atoms with Gasteiger partial charge < -0.3 is 4.74 Å². The van der Waals surface area contributed by atoms with Crippen molar-refractivity contribution in [3.05, 3.63) is 71.3 Å². The fourth-order valence-electron chi connectivity index (χ4n) is 5.05. The zero-order chi connectivity index (χ0) is 43.0. The summed E-state index contributed by atoms with van der Waals surface area (Å²) in [7, 11) is 0. The van der Waals surface area contributed by atoms with Gasteiger partial charge in [0.15, 0.2) is 0 Å². The Bertz CT molecular complexity index is 1570. The van der Waals surface area contributed by atoms with Gasteiger partial charge in [-0.05, 0) is 50.3 Å². The van der Waals surface area contributed by atoms with E-state index < -0.39 is 90.7 Å². The fraction of sp³-hybridized carbons (Fsp3) is 0.618. The van der Waals surface area contributed by atoms with Crippen LogP contribution < -0.4 is 0 Å². The van der Waals surface area contributed by atoms with E-state index in [0.29, 0.717) is 5.56 Å². The normalized spacial score (nSPS) is 15.7. The van der Waals surface area contributed by atoms with E-state index in [0.717, 1.165) is 5.56 Å². The molecule has 314 valence electrons. The molecule has 0 radical (unpaired) electrons. The lowest BCUT2D eigenvalue weighted by molar-refractivity contribution is -0.461. The largest absolute Gasteiger partial charge is 0.461 e. The van der Waals surface area contributed by atoms with E-state index in [-0.39, 0.29) is 11.5 Å². The van der Waals surface area contributed by atoms with Gasteiger partial charge in [-0.25, -0.2) is 0 Å². The molecule has 2 unspecified atom stereocenters. The first-order valence-corrected chi connectivity index (χ1v) is 16.0. The molecule has 2 aromatic carbocycles. The second kappa shape index (κ2) is 15.9. The van der Waals surface area contributed by atoms with Crippen LogP contribution in [0.4, 0.5) is 74.6 Å². The molecule has 0 fully saturated rings. The number of hydrogen-bond acceptors (Lipinski definition) is 4. The lowest BCUT2D eigenvalue weighted by atomic mass is 9.88. The molecule has 2 atom stereocenters. The van der Waals surface area contributed by atoms with Crippen molar-refractivity contribution in [2.24, 2.45) is 5.92 Å². The molecular weight excluding hydrogens is 793 g/mol. The number of ether oxygens (including phenoxy) is 1. The molecule has 0 amide bonds. The van der Waals surface area contributed by atoms with Gasteiger partial charge in [-0.2, -0.15) is 79.7 Å². The Labute approximate surface area is 303 Å². The second-order valence-electron chi connectivity index (χ2n) is 13.9. The van der Waals surface area contributed by atoms with E-state index in [1.54, 1.807) is 17.2 Å². The van der Waals surface area contributed by atoms with E-state index in [9.17, 15) is 79.4 Å². The van der Waals surface area contributed by atoms with Crippen LogP contribution in [0, 0.1) is 5.92 Å². The van der Waals surface area contributed by atoms with Gasteiger partial charge in [0.05, 0.1) is 12.5 Å². The summed E-state index contributed by atoms with van der Waals surface area (Å²) < 4.78 is 234. The molecule has 0 bridgehead atoms. The number of alkyl halides is 17. The fourth-order valence-corrected chi connectivity index (χ4v) is 5.05. The maximum atomic E-state index is 14.2. The Hall–Kier alpha value is -3.36. The number of carbonyl (C=O) groups excluding carboxylic acids is 1. The van der Waals surface area contributed by atoms with Crippen molar-refractivity contribution in [2.45, 2.75) is 126 Å². The summed E-state index contributed by atoms with van der Waals surface area (Å²) in [4.78, 5) is 18.4. The van der Waals surface area contributed by atoms with Crippen LogP contribution in [0.5, 0.6) is 0 Å². The molecule has 0 heterocycles. The average molecular weight is 830 g/mol. The van der Waals surface area contributed by atoms with Crippen LogP contribution in [0.2, 0.25) is 0 Å². The number of carbonyl (C=O) groups is 1. The Balaban J connectivity index is 2.21. The van der Waals surface area contributed by atoms with Crippen LogP contribution >= 0.6 is 0 Å². The summed E-state index contributed by atoms with van der Waals surface area (Å²) >= 11 is 0.